The van der Waals surface area contributed by atoms with E-state index in [2.05, 4.69) is 5.32 Å². The summed E-state index contributed by atoms with van der Waals surface area (Å²) in [4.78, 5) is 12.2. The molecular weight excluding hydrogens is 328 g/mol. The molecule has 1 amide bonds. The average molecular weight is 349 g/mol. The molecule has 0 saturated carbocycles. The number of furan rings is 1. The second-order valence-electron chi connectivity index (χ2n) is 5.53. The molecular formula is C18H21ClN2O3. The Balaban J connectivity index is 0.00000208. The van der Waals surface area contributed by atoms with Crippen molar-refractivity contribution in [3.05, 3.63) is 36.4 Å². The molecule has 0 aliphatic rings. The Morgan fingerprint density at radius 3 is 2.71 bits per heavy atom. The number of hydrogen-bond donors (Lipinski definition) is 2. The van der Waals surface area contributed by atoms with Gasteiger partial charge in [-0.05, 0) is 18.6 Å². The number of methoxy groups -OCH3 is 1. The van der Waals surface area contributed by atoms with Crippen LogP contribution < -0.4 is 15.8 Å². The summed E-state index contributed by atoms with van der Waals surface area (Å²) in [6, 6.07) is 10.9. The van der Waals surface area contributed by atoms with Crippen molar-refractivity contribution in [2.45, 2.75) is 25.8 Å². The number of hydrogen-bond acceptors (Lipinski definition) is 4. The van der Waals surface area contributed by atoms with Crippen molar-refractivity contribution in [3.63, 3.8) is 0 Å². The zero-order valence-electron chi connectivity index (χ0n) is 13.7. The summed E-state index contributed by atoms with van der Waals surface area (Å²) in [6.45, 7) is 1.99. The first-order valence-corrected chi connectivity index (χ1v) is 7.69. The number of carbonyl (C=O) groups excluding carboxylic acids is 1. The van der Waals surface area contributed by atoms with Crippen molar-refractivity contribution >= 4 is 45.9 Å². The lowest BCUT2D eigenvalue weighted by Gasteiger charge is -2.13. The molecule has 2 aromatic carbocycles. The van der Waals surface area contributed by atoms with Gasteiger partial charge < -0.3 is 20.2 Å². The van der Waals surface area contributed by atoms with Crippen molar-refractivity contribution in [2.24, 2.45) is 5.73 Å². The molecule has 3 rings (SSSR count). The van der Waals surface area contributed by atoms with Gasteiger partial charge in [-0.15, -0.1) is 12.4 Å². The largest absolute Gasteiger partial charge is 0.495 e. The lowest BCUT2D eigenvalue weighted by atomic mass is 10.1. The van der Waals surface area contributed by atoms with E-state index >= 15 is 0 Å². The Kier molecular flexibility index (Phi) is 5.70. The van der Waals surface area contributed by atoms with Crippen LogP contribution in [0.25, 0.3) is 21.9 Å². The van der Waals surface area contributed by atoms with Crippen LogP contribution in [0.1, 0.15) is 19.8 Å². The SMILES string of the molecule is CCCC(N)C(=O)Nc1cc2oc3ccccc3c2cc1OC.Cl. The highest BCUT2D eigenvalue weighted by molar-refractivity contribution is 6.08. The van der Waals surface area contributed by atoms with E-state index in [1.54, 1.807) is 13.2 Å². The highest BCUT2D eigenvalue weighted by Crippen LogP contribution is 2.36. The fourth-order valence-corrected chi connectivity index (χ4v) is 2.69. The first-order chi connectivity index (χ1) is 11.1. The number of rotatable bonds is 5. The highest BCUT2D eigenvalue weighted by atomic mass is 35.5. The molecule has 0 aliphatic carbocycles. The first-order valence-electron chi connectivity index (χ1n) is 7.69. The average Bonchev–Trinajstić information content (AvgIpc) is 2.91. The molecule has 0 saturated heterocycles. The number of carbonyl (C=O) groups is 1. The minimum Gasteiger partial charge on any atom is -0.495 e. The van der Waals surface area contributed by atoms with Gasteiger partial charge in [-0.1, -0.05) is 31.5 Å². The third-order valence-electron chi connectivity index (χ3n) is 3.89. The molecule has 3 aromatic rings. The van der Waals surface area contributed by atoms with Gasteiger partial charge in [0.15, 0.2) is 0 Å². The number of nitrogens with two attached hydrogens (primary N) is 1. The minimum atomic E-state index is -0.531. The summed E-state index contributed by atoms with van der Waals surface area (Å²) in [5.74, 6) is 0.363. The maximum Gasteiger partial charge on any atom is 0.241 e. The number of para-hydroxylation sites is 1. The number of anilines is 1. The molecule has 0 fully saturated rings. The number of nitrogens with one attached hydrogen (secondary N) is 1. The third-order valence-corrected chi connectivity index (χ3v) is 3.89. The lowest BCUT2D eigenvalue weighted by Crippen LogP contribution is -2.35. The highest BCUT2D eigenvalue weighted by Gasteiger charge is 2.17. The summed E-state index contributed by atoms with van der Waals surface area (Å²) in [5.41, 5.74) is 7.93. The van der Waals surface area contributed by atoms with Gasteiger partial charge in [0.1, 0.15) is 16.9 Å². The lowest BCUT2D eigenvalue weighted by molar-refractivity contribution is -0.117. The van der Waals surface area contributed by atoms with Gasteiger partial charge in [0.05, 0.1) is 18.8 Å². The molecule has 24 heavy (non-hydrogen) atoms. The van der Waals surface area contributed by atoms with Crippen molar-refractivity contribution in [1.29, 1.82) is 0 Å². The van der Waals surface area contributed by atoms with E-state index in [4.69, 9.17) is 14.9 Å². The van der Waals surface area contributed by atoms with E-state index in [0.717, 1.165) is 22.8 Å². The normalized spacial score (nSPS) is 12.0. The third kappa shape index (κ3) is 3.32. The molecule has 0 aliphatic heterocycles. The molecule has 128 valence electrons. The van der Waals surface area contributed by atoms with E-state index in [9.17, 15) is 4.79 Å². The molecule has 5 nitrogen and oxygen atoms in total. The zero-order valence-corrected chi connectivity index (χ0v) is 14.5. The van der Waals surface area contributed by atoms with E-state index in [-0.39, 0.29) is 18.3 Å². The first kappa shape index (κ1) is 18.1. The van der Waals surface area contributed by atoms with Crippen LogP contribution in [0.4, 0.5) is 5.69 Å². The Bertz CT molecular complexity index is 860. The van der Waals surface area contributed by atoms with Crippen LogP contribution in [-0.4, -0.2) is 19.1 Å². The van der Waals surface area contributed by atoms with Gasteiger partial charge in [0, 0.05) is 16.8 Å². The summed E-state index contributed by atoms with van der Waals surface area (Å²) in [6.07, 6.45) is 1.50. The van der Waals surface area contributed by atoms with Gasteiger partial charge in [0.2, 0.25) is 5.91 Å². The van der Waals surface area contributed by atoms with E-state index in [0.29, 0.717) is 23.4 Å². The Hall–Kier alpha value is -2.24. The van der Waals surface area contributed by atoms with E-state index in [1.807, 2.05) is 37.3 Å². The number of amides is 1. The Labute approximate surface area is 146 Å². The number of halogens is 1. The zero-order chi connectivity index (χ0) is 16.4. The van der Waals surface area contributed by atoms with Crippen LogP contribution in [0.15, 0.2) is 40.8 Å². The molecule has 0 spiro atoms. The molecule has 1 atom stereocenters. The predicted octanol–water partition coefficient (Wildman–Crippen LogP) is 4.08. The maximum absolute atomic E-state index is 12.2. The minimum absolute atomic E-state index is 0. The number of benzene rings is 2. The topological polar surface area (TPSA) is 77.5 Å². The summed E-state index contributed by atoms with van der Waals surface area (Å²) >= 11 is 0. The van der Waals surface area contributed by atoms with E-state index < -0.39 is 6.04 Å². The van der Waals surface area contributed by atoms with Gasteiger partial charge >= 0.3 is 0 Å². The van der Waals surface area contributed by atoms with Crippen LogP contribution in [-0.2, 0) is 4.79 Å². The Morgan fingerprint density at radius 1 is 1.25 bits per heavy atom. The molecule has 0 bridgehead atoms. The fourth-order valence-electron chi connectivity index (χ4n) is 2.69. The quantitative estimate of drug-likeness (QED) is 0.728. The standard InChI is InChI=1S/C18H20N2O3.ClH/c1-3-6-13(19)18(21)20-14-10-16-12(9-17(14)22-2)11-7-4-5-8-15(11)23-16;/h4-5,7-10,13H,3,6,19H2,1-2H3,(H,20,21);1H. The number of fused-ring (bicyclic) bond motifs is 3. The molecule has 3 N–H and O–H groups in total. The Morgan fingerprint density at radius 2 is 2.00 bits per heavy atom. The fraction of sp³-hybridized carbons (Fsp3) is 0.278. The molecule has 1 unspecified atom stereocenters. The monoisotopic (exact) mass is 348 g/mol. The molecule has 0 radical (unpaired) electrons. The van der Waals surface area contributed by atoms with Crippen molar-refractivity contribution in [3.8, 4) is 5.75 Å². The maximum atomic E-state index is 12.2. The summed E-state index contributed by atoms with van der Waals surface area (Å²) in [5, 5.41) is 4.80. The molecule has 6 heteroatoms. The summed E-state index contributed by atoms with van der Waals surface area (Å²) in [7, 11) is 1.57. The second kappa shape index (κ2) is 7.55. The summed E-state index contributed by atoms with van der Waals surface area (Å²) < 4.78 is 11.3. The van der Waals surface area contributed by atoms with Gasteiger partial charge in [-0.2, -0.15) is 0 Å². The van der Waals surface area contributed by atoms with Gasteiger partial charge in [0.25, 0.3) is 0 Å². The van der Waals surface area contributed by atoms with Crippen molar-refractivity contribution in [2.75, 3.05) is 12.4 Å². The predicted molar refractivity (Wildman–Crippen MR) is 99.0 cm³/mol. The number of ether oxygens (including phenoxy) is 1. The molecule has 1 aromatic heterocycles. The van der Waals surface area contributed by atoms with Crippen LogP contribution in [0.5, 0.6) is 5.75 Å². The van der Waals surface area contributed by atoms with Gasteiger partial charge in [-0.3, -0.25) is 4.79 Å². The van der Waals surface area contributed by atoms with E-state index in [1.165, 1.54) is 0 Å². The molecule has 1 heterocycles. The van der Waals surface area contributed by atoms with Crippen LogP contribution in [0.3, 0.4) is 0 Å². The second-order valence-corrected chi connectivity index (χ2v) is 5.53. The van der Waals surface area contributed by atoms with Crippen LogP contribution in [0, 0.1) is 0 Å². The van der Waals surface area contributed by atoms with Crippen molar-refractivity contribution < 1.29 is 13.9 Å². The van der Waals surface area contributed by atoms with Crippen molar-refractivity contribution in [1.82, 2.24) is 0 Å². The van der Waals surface area contributed by atoms with Crippen LogP contribution in [0.2, 0.25) is 0 Å². The smallest absolute Gasteiger partial charge is 0.241 e. The van der Waals surface area contributed by atoms with Gasteiger partial charge in [-0.25, -0.2) is 0 Å². The van der Waals surface area contributed by atoms with Crippen LogP contribution >= 0.6 is 12.4 Å².